The molecule has 1 aromatic heterocycles. The summed E-state index contributed by atoms with van der Waals surface area (Å²) < 4.78 is 13.7. The van der Waals surface area contributed by atoms with Crippen LogP contribution in [0.25, 0.3) is 0 Å². The zero-order chi connectivity index (χ0) is 10.1. The predicted molar refractivity (Wildman–Crippen MR) is 55.2 cm³/mol. The van der Waals surface area contributed by atoms with E-state index in [1.165, 1.54) is 0 Å². The first kappa shape index (κ1) is 9.71. The summed E-state index contributed by atoms with van der Waals surface area (Å²) in [5, 5.41) is 0. The van der Waals surface area contributed by atoms with Crippen LogP contribution in [-0.2, 0) is 5.88 Å². The maximum atomic E-state index is 13.7. The summed E-state index contributed by atoms with van der Waals surface area (Å²) in [7, 11) is 1.88. The van der Waals surface area contributed by atoms with Crippen molar-refractivity contribution in [2.45, 2.75) is 24.8 Å². The third-order valence-corrected chi connectivity index (χ3v) is 2.81. The highest BCUT2D eigenvalue weighted by atomic mass is 35.5. The second kappa shape index (κ2) is 3.73. The number of rotatable bonds is 3. The molecule has 1 aromatic rings. The number of aromatic nitrogens is 1. The van der Waals surface area contributed by atoms with Crippen molar-refractivity contribution in [1.82, 2.24) is 4.98 Å². The topological polar surface area (TPSA) is 16.1 Å². The zero-order valence-corrected chi connectivity index (χ0v) is 8.76. The van der Waals surface area contributed by atoms with Crippen LogP contribution in [0.5, 0.6) is 0 Å². The molecule has 0 spiro atoms. The summed E-state index contributed by atoms with van der Waals surface area (Å²) >= 11 is 5.62. The van der Waals surface area contributed by atoms with E-state index in [9.17, 15) is 4.39 Å². The molecule has 0 atom stereocenters. The van der Waals surface area contributed by atoms with Gasteiger partial charge in [0.05, 0.1) is 5.88 Å². The smallest absolute Gasteiger partial charge is 0.170 e. The fourth-order valence-electron chi connectivity index (χ4n) is 1.46. The van der Waals surface area contributed by atoms with Crippen LogP contribution in [0.1, 0.15) is 18.4 Å². The van der Waals surface area contributed by atoms with Crippen LogP contribution >= 0.6 is 11.6 Å². The molecule has 14 heavy (non-hydrogen) atoms. The van der Waals surface area contributed by atoms with Gasteiger partial charge in [-0.1, -0.05) is 0 Å². The molecule has 0 unspecified atom stereocenters. The highest BCUT2D eigenvalue weighted by molar-refractivity contribution is 6.17. The molecule has 76 valence electrons. The minimum absolute atomic E-state index is 0.194. The van der Waals surface area contributed by atoms with Crippen LogP contribution in [0.15, 0.2) is 12.3 Å². The van der Waals surface area contributed by atoms with E-state index < -0.39 is 0 Å². The summed E-state index contributed by atoms with van der Waals surface area (Å²) in [5.41, 5.74) is 0.518. The van der Waals surface area contributed by atoms with Gasteiger partial charge in [-0.2, -0.15) is 0 Å². The van der Waals surface area contributed by atoms with Crippen LogP contribution in [0.3, 0.4) is 0 Å². The van der Waals surface area contributed by atoms with Crippen LogP contribution in [-0.4, -0.2) is 18.1 Å². The Balaban J connectivity index is 2.31. The lowest BCUT2D eigenvalue weighted by atomic mass is 10.2. The van der Waals surface area contributed by atoms with Crippen LogP contribution in [0.2, 0.25) is 0 Å². The van der Waals surface area contributed by atoms with E-state index in [-0.39, 0.29) is 11.7 Å². The molecule has 0 radical (unpaired) electrons. The molecule has 0 aliphatic heterocycles. The van der Waals surface area contributed by atoms with Crippen molar-refractivity contribution >= 4 is 17.4 Å². The Morgan fingerprint density at radius 2 is 2.36 bits per heavy atom. The van der Waals surface area contributed by atoms with Crippen molar-refractivity contribution in [3.8, 4) is 0 Å². The van der Waals surface area contributed by atoms with Crippen molar-refractivity contribution in [1.29, 1.82) is 0 Å². The van der Waals surface area contributed by atoms with Crippen LogP contribution in [0, 0.1) is 5.82 Å². The molecule has 0 saturated heterocycles. The van der Waals surface area contributed by atoms with Crippen molar-refractivity contribution in [2.75, 3.05) is 11.9 Å². The van der Waals surface area contributed by atoms with Gasteiger partial charge in [0.1, 0.15) is 0 Å². The number of hydrogen-bond acceptors (Lipinski definition) is 2. The minimum atomic E-state index is -0.281. The Bertz CT molecular complexity index is 339. The largest absolute Gasteiger partial charge is 0.354 e. The molecule has 1 heterocycles. The second-order valence-corrected chi connectivity index (χ2v) is 3.85. The fraction of sp³-hybridized carbons (Fsp3) is 0.500. The predicted octanol–water partition coefficient (Wildman–Crippen LogP) is 2.56. The number of hydrogen-bond donors (Lipinski definition) is 0. The number of anilines is 1. The Labute approximate surface area is 87.7 Å². The van der Waals surface area contributed by atoms with E-state index in [4.69, 9.17) is 11.6 Å². The molecule has 0 aromatic carbocycles. The molecule has 4 heteroatoms. The maximum Gasteiger partial charge on any atom is 0.170 e. The molecule has 0 bridgehead atoms. The van der Waals surface area contributed by atoms with Gasteiger partial charge in [-0.25, -0.2) is 9.37 Å². The van der Waals surface area contributed by atoms with Gasteiger partial charge in [-0.3, -0.25) is 0 Å². The van der Waals surface area contributed by atoms with Crippen molar-refractivity contribution in [3.63, 3.8) is 0 Å². The van der Waals surface area contributed by atoms with E-state index in [1.807, 2.05) is 11.9 Å². The molecular weight excluding hydrogens is 203 g/mol. The first-order chi connectivity index (χ1) is 6.74. The lowest BCUT2D eigenvalue weighted by Gasteiger charge is -2.18. The molecule has 1 aliphatic carbocycles. The lowest BCUT2D eigenvalue weighted by Crippen LogP contribution is -2.22. The van der Waals surface area contributed by atoms with Gasteiger partial charge in [0.25, 0.3) is 0 Å². The van der Waals surface area contributed by atoms with Gasteiger partial charge < -0.3 is 4.90 Å². The Kier molecular flexibility index (Phi) is 2.59. The molecule has 2 nitrogen and oxygen atoms in total. The number of pyridine rings is 1. The third-order valence-electron chi connectivity index (χ3n) is 2.52. The van der Waals surface area contributed by atoms with Crippen LogP contribution in [0.4, 0.5) is 10.2 Å². The summed E-state index contributed by atoms with van der Waals surface area (Å²) in [6.45, 7) is 0. The van der Waals surface area contributed by atoms with Gasteiger partial charge in [-0.15, -0.1) is 11.6 Å². The van der Waals surface area contributed by atoms with Crippen molar-refractivity contribution in [3.05, 3.63) is 23.6 Å². The minimum Gasteiger partial charge on any atom is -0.354 e. The zero-order valence-electron chi connectivity index (χ0n) is 8.00. The fourth-order valence-corrected chi connectivity index (χ4v) is 1.66. The first-order valence-electron chi connectivity index (χ1n) is 4.66. The summed E-state index contributed by atoms with van der Waals surface area (Å²) in [4.78, 5) is 5.93. The number of alkyl halides is 1. The van der Waals surface area contributed by atoms with E-state index in [2.05, 4.69) is 4.98 Å². The molecule has 1 saturated carbocycles. The standard InChI is InChI=1S/C10H12ClFN2/c1-14(8-2-3-8)10-9(12)7(6-11)4-5-13-10/h4-5,8H,2-3,6H2,1H3. The van der Waals surface area contributed by atoms with Gasteiger partial charge in [0.15, 0.2) is 11.6 Å². The highest BCUT2D eigenvalue weighted by Gasteiger charge is 2.29. The third kappa shape index (κ3) is 1.69. The van der Waals surface area contributed by atoms with Crippen molar-refractivity contribution < 1.29 is 4.39 Å². The average molecular weight is 215 g/mol. The molecule has 2 rings (SSSR count). The van der Waals surface area contributed by atoms with Gasteiger partial charge >= 0.3 is 0 Å². The van der Waals surface area contributed by atoms with Crippen molar-refractivity contribution in [2.24, 2.45) is 0 Å². The molecule has 1 aliphatic rings. The normalized spacial score (nSPS) is 15.6. The van der Waals surface area contributed by atoms with Gasteiger partial charge in [-0.05, 0) is 18.9 Å². The average Bonchev–Trinajstić information content (AvgIpc) is 3.00. The Morgan fingerprint density at radius 1 is 1.64 bits per heavy atom. The summed E-state index contributed by atoms with van der Waals surface area (Å²) in [6, 6.07) is 2.08. The monoisotopic (exact) mass is 214 g/mol. The first-order valence-corrected chi connectivity index (χ1v) is 5.19. The molecule has 0 amide bonds. The Hall–Kier alpha value is -0.830. The van der Waals surface area contributed by atoms with E-state index in [0.717, 1.165) is 12.8 Å². The van der Waals surface area contributed by atoms with Crippen LogP contribution < -0.4 is 4.90 Å². The lowest BCUT2D eigenvalue weighted by molar-refractivity contribution is 0.604. The maximum absolute atomic E-state index is 13.7. The van der Waals surface area contributed by atoms with Gasteiger partial charge in [0, 0.05) is 24.8 Å². The quantitative estimate of drug-likeness (QED) is 0.719. The highest BCUT2D eigenvalue weighted by Crippen LogP contribution is 2.31. The Morgan fingerprint density at radius 3 is 2.93 bits per heavy atom. The summed E-state index contributed by atoms with van der Waals surface area (Å²) in [5.74, 6) is 0.336. The summed E-state index contributed by atoms with van der Waals surface area (Å²) in [6.07, 6.45) is 3.86. The van der Waals surface area contributed by atoms with E-state index >= 15 is 0 Å². The number of nitrogens with zero attached hydrogens (tertiary/aromatic N) is 2. The van der Waals surface area contributed by atoms with E-state index in [0.29, 0.717) is 17.4 Å². The SMILES string of the molecule is CN(c1nccc(CCl)c1F)C1CC1. The number of halogens is 2. The molecule has 0 N–H and O–H groups in total. The molecular formula is C10H12ClFN2. The van der Waals surface area contributed by atoms with E-state index in [1.54, 1.807) is 12.3 Å². The molecule has 1 fully saturated rings. The van der Waals surface area contributed by atoms with Gasteiger partial charge in [0.2, 0.25) is 0 Å². The second-order valence-electron chi connectivity index (χ2n) is 3.58.